The van der Waals surface area contributed by atoms with Crippen LogP contribution in [0.1, 0.15) is 50.5 Å². The smallest absolute Gasteiger partial charge is 0.0736 e. The molecule has 2 aromatic rings. The third-order valence-electron chi connectivity index (χ3n) is 5.17. The van der Waals surface area contributed by atoms with E-state index in [4.69, 9.17) is 5.73 Å². The first-order chi connectivity index (χ1) is 10.3. The first kappa shape index (κ1) is 14.5. The lowest BCUT2D eigenvalue weighted by molar-refractivity contribution is 0.231. The van der Waals surface area contributed by atoms with Gasteiger partial charge in [-0.05, 0) is 48.8 Å². The van der Waals surface area contributed by atoms with Crippen LogP contribution in [0.5, 0.6) is 0 Å². The van der Waals surface area contributed by atoms with Gasteiger partial charge < -0.3 is 5.73 Å². The molecule has 1 aromatic carbocycles. The molecule has 1 aliphatic carbocycles. The van der Waals surface area contributed by atoms with Gasteiger partial charge in [0.05, 0.1) is 5.52 Å². The van der Waals surface area contributed by atoms with Gasteiger partial charge in [-0.2, -0.15) is 0 Å². The third kappa shape index (κ3) is 2.96. The summed E-state index contributed by atoms with van der Waals surface area (Å²) >= 11 is 0. The number of benzene rings is 1. The summed E-state index contributed by atoms with van der Waals surface area (Å²) in [6, 6.07) is 10.8. The Morgan fingerprint density at radius 3 is 2.86 bits per heavy atom. The van der Waals surface area contributed by atoms with Crippen LogP contribution >= 0.6 is 0 Å². The average Bonchev–Trinajstić information content (AvgIpc) is 2.54. The first-order valence-electron chi connectivity index (χ1n) is 8.37. The quantitative estimate of drug-likeness (QED) is 0.897. The van der Waals surface area contributed by atoms with Crippen molar-refractivity contribution in [2.45, 2.75) is 44.9 Å². The predicted octanol–water partition coefficient (Wildman–Crippen LogP) is 4.49. The van der Waals surface area contributed by atoms with Gasteiger partial charge in [0.1, 0.15) is 0 Å². The van der Waals surface area contributed by atoms with E-state index in [0.29, 0.717) is 11.8 Å². The van der Waals surface area contributed by atoms with Crippen molar-refractivity contribution in [1.82, 2.24) is 4.98 Å². The van der Waals surface area contributed by atoms with E-state index in [1.807, 2.05) is 12.3 Å². The standard InChI is InChI=1S/C19H26N2/c1-2-5-14-9-10-16(13-20)18(12-14)17-8-3-6-15-7-4-11-21-19(15)17/h3-4,6-8,11,14,16,18H,2,5,9-10,12-13,20H2,1H3. The van der Waals surface area contributed by atoms with Crippen LogP contribution in [0.25, 0.3) is 10.9 Å². The van der Waals surface area contributed by atoms with Crippen LogP contribution in [0.4, 0.5) is 0 Å². The molecular formula is C19H26N2. The SMILES string of the molecule is CCCC1CCC(CN)C(c2cccc3cccnc23)C1. The Bertz CT molecular complexity index is 588. The second kappa shape index (κ2) is 6.57. The number of hydrogen-bond acceptors (Lipinski definition) is 2. The maximum absolute atomic E-state index is 6.07. The number of para-hydroxylation sites is 1. The zero-order valence-corrected chi connectivity index (χ0v) is 13.0. The Hall–Kier alpha value is -1.41. The molecule has 0 amide bonds. The molecule has 2 nitrogen and oxygen atoms in total. The van der Waals surface area contributed by atoms with Gasteiger partial charge in [0.2, 0.25) is 0 Å². The van der Waals surface area contributed by atoms with E-state index in [1.54, 1.807) is 0 Å². The van der Waals surface area contributed by atoms with E-state index >= 15 is 0 Å². The van der Waals surface area contributed by atoms with Crippen molar-refractivity contribution >= 4 is 10.9 Å². The fourth-order valence-electron chi connectivity index (χ4n) is 4.08. The van der Waals surface area contributed by atoms with E-state index in [-0.39, 0.29) is 0 Å². The normalized spacial score (nSPS) is 26.1. The maximum Gasteiger partial charge on any atom is 0.0736 e. The van der Waals surface area contributed by atoms with Crippen molar-refractivity contribution in [3.63, 3.8) is 0 Å². The summed E-state index contributed by atoms with van der Waals surface area (Å²) in [5.41, 5.74) is 8.68. The minimum Gasteiger partial charge on any atom is -0.330 e. The maximum atomic E-state index is 6.07. The topological polar surface area (TPSA) is 38.9 Å². The number of pyridine rings is 1. The fourth-order valence-corrected chi connectivity index (χ4v) is 4.08. The van der Waals surface area contributed by atoms with E-state index in [1.165, 1.54) is 48.6 Å². The Morgan fingerprint density at radius 1 is 1.19 bits per heavy atom. The van der Waals surface area contributed by atoms with Gasteiger partial charge in [0.15, 0.2) is 0 Å². The Labute approximate surface area is 127 Å². The summed E-state index contributed by atoms with van der Waals surface area (Å²) in [5, 5.41) is 1.25. The van der Waals surface area contributed by atoms with E-state index in [0.717, 1.165) is 12.5 Å². The molecule has 112 valence electrons. The Balaban J connectivity index is 1.97. The number of aromatic nitrogens is 1. The Morgan fingerprint density at radius 2 is 2.05 bits per heavy atom. The first-order valence-corrected chi connectivity index (χ1v) is 8.37. The number of fused-ring (bicyclic) bond motifs is 1. The van der Waals surface area contributed by atoms with Gasteiger partial charge in [-0.1, -0.05) is 50.5 Å². The molecule has 0 radical (unpaired) electrons. The van der Waals surface area contributed by atoms with Gasteiger partial charge in [0, 0.05) is 11.6 Å². The molecule has 1 saturated carbocycles. The van der Waals surface area contributed by atoms with Gasteiger partial charge in [-0.3, -0.25) is 4.98 Å². The molecule has 0 spiro atoms. The molecule has 0 bridgehead atoms. The number of nitrogens with two attached hydrogens (primary N) is 1. The van der Waals surface area contributed by atoms with Gasteiger partial charge in [0.25, 0.3) is 0 Å². The highest BCUT2D eigenvalue weighted by Crippen LogP contribution is 2.43. The summed E-state index contributed by atoms with van der Waals surface area (Å²) in [6.07, 6.45) is 8.46. The molecule has 1 aliphatic rings. The van der Waals surface area contributed by atoms with Gasteiger partial charge >= 0.3 is 0 Å². The average molecular weight is 282 g/mol. The van der Waals surface area contributed by atoms with Gasteiger partial charge in [-0.25, -0.2) is 0 Å². The molecule has 2 heteroatoms. The van der Waals surface area contributed by atoms with E-state index in [9.17, 15) is 0 Å². The van der Waals surface area contributed by atoms with E-state index < -0.39 is 0 Å². The van der Waals surface area contributed by atoms with Crippen molar-refractivity contribution in [3.05, 3.63) is 42.1 Å². The van der Waals surface area contributed by atoms with Crippen LogP contribution in [-0.2, 0) is 0 Å². The van der Waals surface area contributed by atoms with Crippen LogP contribution in [0.2, 0.25) is 0 Å². The highest BCUT2D eigenvalue weighted by molar-refractivity contribution is 5.82. The molecule has 1 aromatic heterocycles. The lowest BCUT2D eigenvalue weighted by Crippen LogP contribution is -2.29. The summed E-state index contributed by atoms with van der Waals surface area (Å²) in [6.45, 7) is 3.09. The second-order valence-corrected chi connectivity index (χ2v) is 6.49. The van der Waals surface area contributed by atoms with Crippen molar-refractivity contribution < 1.29 is 0 Å². The summed E-state index contributed by atoms with van der Waals surface area (Å²) < 4.78 is 0. The zero-order valence-electron chi connectivity index (χ0n) is 13.0. The number of rotatable bonds is 4. The van der Waals surface area contributed by atoms with Crippen molar-refractivity contribution in [3.8, 4) is 0 Å². The highest BCUT2D eigenvalue weighted by atomic mass is 14.7. The predicted molar refractivity (Wildman–Crippen MR) is 89.3 cm³/mol. The number of nitrogens with zero attached hydrogens (tertiary/aromatic N) is 1. The lowest BCUT2D eigenvalue weighted by Gasteiger charge is -2.36. The molecule has 2 N–H and O–H groups in total. The molecule has 0 saturated heterocycles. The molecule has 1 fully saturated rings. The summed E-state index contributed by atoms with van der Waals surface area (Å²) in [5.74, 6) is 2.06. The minimum atomic E-state index is 0.582. The number of hydrogen-bond donors (Lipinski definition) is 1. The van der Waals surface area contributed by atoms with Crippen LogP contribution in [-0.4, -0.2) is 11.5 Å². The lowest BCUT2D eigenvalue weighted by atomic mass is 9.69. The Kier molecular flexibility index (Phi) is 4.54. The molecule has 21 heavy (non-hydrogen) atoms. The summed E-state index contributed by atoms with van der Waals surface area (Å²) in [7, 11) is 0. The zero-order chi connectivity index (χ0) is 14.7. The van der Waals surface area contributed by atoms with Crippen LogP contribution in [0.15, 0.2) is 36.5 Å². The van der Waals surface area contributed by atoms with Crippen molar-refractivity contribution in [2.24, 2.45) is 17.6 Å². The highest BCUT2D eigenvalue weighted by Gasteiger charge is 2.31. The molecular weight excluding hydrogens is 256 g/mol. The molecule has 1 heterocycles. The van der Waals surface area contributed by atoms with Crippen LogP contribution < -0.4 is 5.73 Å². The summed E-state index contributed by atoms with van der Waals surface area (Å²) in [4.78, 5) is 4.66. The van der Waals surface area contributed by atoms with Gasteiger partial charge in [-0.15, -0.1) is 0 Å². The molecule has 3 unspecified atom stereocenters. The third-order valence-corrected chi connectivity index (χ3v) is 5.17. The van der Waals surface area contributed by atoms with Crippen molar-refractivity contribution in [1.29, 1.82) is 0 Å². The largest absolute Gasteiger partial charge is 0.330 e. The van der Waals surface area contributed by atoms with E-state index in [2.05, 4.69) is 36.2 Å². The van der Waals surface area contributed by atoms with Crippen molar-refractivity contribution in [2.75, 3.05) is 6.54 Å². The molecule has 3 rings (SSSR count). The monoisotopic (exact) mass is 282 g/mol. The molecule has 0 aliphatic heterocycles. The van der Waals surface area contributed by atoms with Crippen LogP contribution in [0.3, 0.4) is 0 Å². The second-order valence-electron chi connectivity index (χ2n) is 6.49. The van der Waals surface area contributed by atoms with Crippen LogP contribution in [0, 0.1) is 11.8 Å². The fraction of sp³-hybridized carbons (Fsp3) is 0.526. The minimum absolute atomic E-state index is 0.582. The molecule has 3 atom stereocenters.